The fourth-order valence-electron chi connectivity index (χ4n) is 2.34. The number of nitrogens with zero attached hydrogens (tertiary/aromatic N) is 1. The lowest BCUT2D eigenvalue weighted by Crippen LogP contribution is -2.29. The summed E-state index contributed by atoms with van der Waals surface area (Å²) in [4.78, 5) is 0.347. The molecule has 1 saturated heterocycles. The van der Waals surface area contributed by atoms with Crippen LogP contribution in [0, 0.1) is 11.8 Å². The predicted molar refractivity (Wildman–Crippen MR) is 83.5 cm³/mol. The fraction of sp³-hybridized carbons (Fsp3) is 0.538. The minimum Gasteiger partial charge on any atom is -0.207 e. The summed E-state index contributed by atoms with van der Waals surface area (Å²) in [7, 11) is -3.39. The average molecular weight is 411 g/mol. The third kappa shape index (κ3) is 3.23. The van der Waals surface area contributed by atoms with Gasteiger partial charge in [-0.2, -0.15) is 4.31 Å². The molecule has 6 heteroatoms. The summed E-state index contributed by atoms with van der Waals surface area (Å²) in [5.41, 5.74) is 0. The highest BCUT2D eigenvalue weighted by Gasteiger charge is 2.34. The smallest absolute Gasteiger partial charge is 0.207 e. The Hall–Kier alpha value is 0.0900. The van der Waals surface area contributed by atoms with Gasteiger partial charge in [-0.05, 0) is 52.4 Å². The molecule has 0 spiro atoms. The Morgan fingerprint density at radius 3 is 2.53 bits per heavy atom. The molecule has 2 rings (SSSR count). The van der Waals surface area contributed by atoms with Crippen molar-refractivity contribution in [2.24, 2.45) is 11.8 Å². The summed E-state index contributed by atoms with van der Waals surface area (Å²) in [6.07, 6.45) is 0.949. The summed E-state index contributed by atoms with van der Waals surface area (Å²) >= 11 is 6.67. The van der Waals surface area contributed by atoms with E-state index in [0.29, 0.717) is 34.3 Å². The van der Waals surface area contributed by atoms with E-state index in [9.17, 15) is 8.42 Å². The summed E-state index contributed by atoms with van der Waals surface area (Å²) in [6, 6.07) is 5.17. The lowest BCUT2D eigenvalue weighted by atomic mass is 9.96. The molecule has 1 atom stereocenters. The number of rotatable bonds is 3. The summed E-state index contributed by atoms with van der Waals surface area (Å²) in [5, 5.41) is 0. The second kappa shape index (κ2) is 5.84. The molecule has 3 nitrogen and oxygen atoms in total. The van der Waals surface area contributed by atoms with Crippen molar-refractivity contribution in [3.8, 4) is 0 Å². The monoisotopic (exact) mass is 409 g/mol. The summed E-state index contributed by atoms with van der Waals surface area (Å²) in [6.45, 7) is 5.54. The van der Waals surface area contributed by atoms with E-state index in [1.807, 2.05) is 0 Å². The maximum Gasteiger partial charge on any atom is 0.244 e. The van der Waals surface area contributed by atoms with Gasteiger partial charge in [0.25, 0.3) is 0 Å². The minimum atomic E-state index is -3.39. The molecule has 1 aromatic carbocycles. The van der Waals surface area contributed by atoms with Crippen LogP contribution >= 0.6 is 31.9 Å². The molecule has 0 radical (unpaired) electrons. The summed E-state index contributed by atoms with van der Waals surface area (Å²) < 4.78 is 28.3. The SMILES string of the molecule is CC(C)C1CCN(S(=O)(=O)c2ccc(Br)cc2Br)C1. The van der Waals surface area contributed by atoms with Crippen molar-refractivity contribution in [2.45, 2.75) is 25.2 Å². The number of sulfonamides is 1. The Morgan fingerprint density at radius 1 is 1.32 bits per heavy atom. The van der Waals surface area contributed by atoms with E-state index in [0.717, 1.165) is 10.9 Å². The van der Waals surface area contributed by atoms with Crippen molar-refractivity contribution >= 4 is 41.9 Å². The molecule has 0 aromatic heterocycles. The Balaban J connectivity index is 2.29. The second-order valence-electron chi connectivity index (χ2n) is 5.23. The van der Waals surface area contributed by atoms with Gasteiger partial charge in [-0.25, -0.2) is 8.42 Å². The van der Waals surface area contributed by atoms with E-state index in [-0.39, 0.29) is 0 Å². The second-order valence-corrected chi connectivity index (χ2v) is 8.91. The molecular formula is C13H17Br2NO2S. The van der Waals surface area contributed by atoms with Crippen molar-refractivity contribution in [3.05, 3.63) is 27.1 Å². The molecule has 1 unspecified atom stereocenters. The fourth-order valence-corrected chi connectivity index (χ4v) is 5.56. The molecule has 19 heavy (non-hydrogen) atoms. The molecule has 1 fully saturated rings. The van der Waals surface area contributed by atoms with E-state index in [4.69, 9.17) is 0 Å². The van der Waals surface area contributed by atoms with Crippen LogP contribution in [0.2, 0.25) is 0 Å². The lowest BCUT2D eigenvalue weighted by molar-refractivity contribution is 0.388. The number of hydrogen-bond acceptors (Lipinski definition) is 2. The van der Waals surface area contributed by atoms with Crippen LogP contribution in [0.1, 0.15) is 20.3 Å². The highest BCUT2D eigenvalue weighted by molar-refractivity contribution is 9.11. The highest BCUT2D eigenvalue weighted by atomic mass is 79.9. The molecule has 0 saturated carbocycles. The van der Waals surface area contributed by atoms with Gasteiger partial charge >= 0.3 is 0 Å². The van der Waals surface area contributed by atoms with Crippen LogP contribution in [0.25, 0.3) is 0 Å². The lowest BCUT2D eigenvalue weighted by Gasteiger charge is -2.19. The first kappa shape index (κ1) is 15.5. The first-order valence-corrected chi connectivity index (χ1v) is 9.30. The Labute approximate surface area is 131 Å². The van der Waals surface area contributed by atoms with Crippen molar-refractivity contribution < 1.29 is 8.42 Å². The van der Waals surface area contributed by atoms with E-state index < -0.39 is 10.0 Å². The van der Waals surface area contributed by atoms with Crippen LogP contribution in [0.5, 0.6) is 0 Å². The van der Waals surface area contributed by atoms with Crippen LogP contribution in [-0.4, -0.2) is 25.8 Å². The molecule has 106 valence electrons. The average Bonchev–Trinajstić information content (AvgIpc) is 2.78. The van der Waals surface area contributed by atoms with Gasteiger partial charge in [0, 0.05) is 22.0 Å². The maximum atomic E-state index is 12.6. The third-order valence-electron chi connectivity index (χ3n) is 3.64. The zero-order valence-corrected chi connectivity index (χ0v) is 14.9. The minimum absolute atomic E-state index is 0.347. The normalized spacial score (nSPS) is 21.2. The largest absolute Gasteiger partial charge is 0.244 e. The third-order valence-corrected chi connectivity index (χ3v) is 6.98. The van der Waals surface area contributed by atoms with Gasteiger partial charge in [0.05, 0.1) is 4.90 Å². The van der Waals surface area contributed by atoms with Crippen molar-refractivity contribution in [1.82, 2.24) is 4.31 Å². The van der Waals surface area contributed by atoms with Crippen LogP contribution in [0.15, 0.2) is 32.0 Å². The zero-order chi connectivity index (χ0) is 14.2. The number of benzene rings is 1. The standard InChI is InChI=1S/C13H17Br2NO2S/c1-9(2)10-5-6-16(8-10)19(17,18)13-4-3-11(14)7-12(13)15/h3-4,7,9-10H,5-6,8H2,1-2H3. The highest BCUT2D eigenvalue weighted by Crippen LogP contribution is 2.32. The van der Waals surface area contributed by atoms with E-state index >= 15 is 0 Å². The molecule has 1 aliphatic rings. The predicted octanol–water partition coefficient (Wildman–Crippen LogP) is 3.88. The maximum absolute atomic E-state index is 12.6. The molecule has 1 heterocycles. The molecule has 0 bridgehead atoms. The van der Waals surface area contributed by atoms with E-state index in [1.54, 1.807) is 22.5 Å². The molecule has 1 aliphatic heterocycles. The topological polar surface area (TPSA) is 37.4 Å². The first-order chi connectivity index (χ1) is 8.82. The van der Waals surface area contributed by atoms with Crippen LogP contribution in [-0.2, 0) is 10.0 Å². The molecule has 1 aromatic rings. The zero-order valence-electron chi connectivity index (χ0n) is 10.9. The van der Waals surface area contributed by atoms with Crippen LogP contribution in [0.3, 0.4) is 0 Å². The van der Waals surface area contributed by atoms with Gasteiger partial charge in [-0.3, -0.25) is 0 Å². The van der Waals surface area contributed by atoms with Gasteiger partial charge in [-0.1, -0.05) is 29.8 Å². The van der Waals surface area contributed by atoms with E-state index in [1.165, 1.54) is 0 Å². The number of hydrogen-bond donors (Lipinski definition) is 0. The first-order valence-electron chi connectivity index (χ1n) is 6.27. The quantitative estimate of drug-likeness (QED) is 0.758. The number of halogens is 2. The van der Waals surface area contributed by atoms with E-state index in [2.05, 4.69) is 45.7 Å². The summed E-state index contributed by atoms with van der Waals surface area (Å²) in [5.74, 6) is 0.984. The Bertz CT molecular complexity index is 572. The van der Waals surface area contributed by atoms with Gasteiger partial charge < -0.3 is 0 Å². The van der Waals surface area contributed by atoms with Gasteiger partial charge in [0.2, 0.25) is 10.0 Å². The van der Waals surface area contributed by atoms with Crippen molar-refractivity contribution in [2.75, 3.05) is 13.1 Å². The molecule has 0 aliphatic carbocycles. The van der Waals surface area contributed by atoms with Crippen molar-refractivity contribution in [3.63, 3.8) is 0 Å². The van der Waals surface area contributed by atoms with Gasteiger partial charge in [-0.15, -0.1) is 0 Å². The van der Waals surface area contributed by atoms with Crippen LogP contribution < -0.4 is 0 Å². The Morgan fingerprint density at radius 2 is 2.00 bits per heavy atom. The molecule has 0 N–H and O–H groups in total. The van der Waals surface area contributed by atoms with Crippen LogP contribution in [0.4, 0.5) is 0 Å². The Kier molecular flexibility index (Phi) is 4.75. The van der Waals surface area contributed by atoms with Gasteiger partial charge in [0.1, 0.15) is 0 Å². The molecule has 0 amide bonds. The van der Waals surface area contributed by atoms with Gasteiger partial charge in [0.15, 0.2) is 0 Å². The van der Waals surface area contributed by atoms with Crippen molar-refractivity contribution in [1.29, 1.82) is 0 Å². The molecular weight excluding hydrogens is 394 g/mol.